The summed E-state index contributed by atoms with van der Waals surface area (Å²) in [5.74, 6) is -0.866. The van der Waals surface area contributed by atoms with E-state index in [0.717, 1.165) is 4.72 Å². The number of ether oxygens (including phenoxy) is 1. The molecule has 1 amide bonds. The summed E-state index contributed by atoms with van der Waals surface area (Å²) in [6.45, 7) is 0. The monoisotopic (exact) mass is 297 g/mol. The largest absolute Gasteiger partial charge is 0.516 e. The van der Waals surface area contributed by atoms with E-state index in [-0.39, 0.29) is 0 Å². The van der Waals surface area contributed by atoms with Crippen molar-refractivity contribution in [2.24, 2.45) is 0 Å². The van der Waals surface area contributed by atoms with E-state index in [2.05, 4.69) is 0 Å². The lowest BCUT2D eigenvalue weighted by Gasteiger charge is -2.09. The lowest BCUT2D eigenvalue weighted by molar-refractivity contribution is -0.119. The molecule has 1 aromatic carbocycles. The van der Waals surface area contributed by atoms with Crippen molar-refractivity contribution in [3.63, 3.8) is 0 Å². The minimum absolute atomic E-state index is 0.328. The molecule has 0 heterocycles. The Morgan fingerprint density at radius 1 is 1.37 bits per heavy atom. The summed E-state index contributed by atoms with van der Waals surface area (Å²) < 4.78 is 63.3. The Balaban J connectivity index is 2.76. The summed E-state index contributed by atoms with van der Waals surface area (Å²) in [7, 11) is -4.28. The highest BCUT2D eigenvalue weighted by Crippen LogP contribution is 2.21. The SMILES string of the molecule is COc1cccc(CC(=O)NS(=O)(=O)C(F)(F)F)c1. The highest BCUT2D eigenvalue weighted by atomic mass is 32.2. The maximum absolute atomic E-state index is 12.0. The number of alkyl halides is 3. The van der Waals surface area contributed by atoms with Crippen LogP contribution in [0.4, 0.5) is 13.2 Å². The van der Waals surface area contributed by atoms with Crippen LogP contribution in [0.25, 0.3) is 0 Å². The van der Waals surface area contributed by atoms with Crippen LogP contribution in [0.3, 0.4) is 0 Å². The van der Waals surface area contributed by atoms with Crippen molar-refractivity contribution < 1.29 is 31.1 Å². The van der Waals surface area contributed by atoms with Crippen LogP contribution in [0.2, 0.25) is 0 Å². The molecule has 0 fully saturated rings. The normalized spacial score (nSPS) is 12.0. The van der Waals surface area contributed by atoms with Crippen molar-refractivity contribution in [2.75, 3.05) is 7.11 Å². The fourth-order valence-electron chi connectivity index (χ4n) is 1.21. The molecule has 0 saturated heterocycles. The highest BCUT2D eigenvalue weighted by Gasteiger charge is 2.46. The first kappa shape index (κ1) is 15.3. The number of sulfonamides is 1. The third kappa shape index (κ3) is 4.12. The third-order valence-electron chi connectivity index (χ3n) is 2.05. The molecule has 1 aromatic rings. The maximum atomic E-state index is 12.0. The van der Waals surface area contributed by atoms with Crippen molar-refractivity contribution in [3.05, 3.63) is 29.8 Å². The van der Waals surface area contributed by atoms with Gasteiger partial charge in [0.05, 0.1) is 13.5 Å². The van der Waals surface area contributed by atoms with E-state index in [0.29, 0.717) is 11.3 Å². The second kappa shape index (κ2) is 5.47. The van der Waals surface area contributed by atoms with E-state index in [4.69, 9.17) is 4.74 Å². The van der Waals surface area contributed by atoms with Crippen LogP contribution < -0.4 is 9.46 Å². The van der Waals surface area contributed by atoms with Crippen LogP contribution in [0.15, 0.2) is 24.3 Å². The lowest BCUT2D eigenvalue weighted by Crippen LogP contribution is -2.40. The Labute approximate surface area is 107 Å². The number of nitrogens with one attached hydrogen (secondary N) is 1. The van der Waals surface area contributed by atoms with Gasteiger partial charge in [0.25, 0.3) is 0 Å². The molecule has 0 bridgehead atoms. The van der Waals surface area contributed by atoms with E-state index < -0.39 is 27.9 Å². The van der Waals surface area contributed by atoms with Gasteiger partial charge in [0.2, 0.25) is 5.91 Å². The molecule has 0 radical (unpaired) electrons. The molecule has 0 saturated carbocycles. The summed E-state index contributed by atoms with van der Waals surface area (Å²) in [5.41, 5.74) is -5.19. The maximum Gasteiger partial charge on any atom is 0.516 e. The van der Waals surface area contributed by atoms with Gasteiger partial charge in [0.1, 0.15) is 5.75 Å². The second-order valence-electron chi connectivity index (χ2n) is 3.50. The van der Waals surface area contributed by atoms with E-state index in [9.17, 15) is 26.4 Å². The number of carbonyl (C=O) groups excluding carboxylic acids is 1. The molecule has 0 aliphatic carbocycles. The van der Waals surface area contributed by atoms with Crippen LogP contribution in [-0.4, -0.2) is 26.9 Å². The average Bonchev–Trinajstić information content (AvgIpc) is 2.26. The molecule has 0 unspecified atom stereocenters. The number of hydrogen-bond acceptors (Lipinski definition) is 4. The third-order valence-corrected chi connectivity index (χ3v) is 3.16. The number of hydrogen-bond donors (Lipinski definition) is 1. The van der Waals surface area contributed by atoms with Crippen molar-refractivity contribution in [3.8, 4) is 5.75 Å². The zero-order valence-electron chi connectivity index (χ0n) is 9.69. The van der Waals surface area contributed by atoms with E-state index >= 15 is 0 Å². The van der Waals surface area contributed by atoms with Crippen LogP contribution >= 0.6 is 0 Å². The molecule has 19 heavy (non-hydrogen) atoms. The Bertz CT molecular complexity index is 568. The lowest BCUT2D eigenvalue weighted by atomic mass is 10.1. The van der Waals surface area contributed by atoms with Crippen molar-refractivity contribution in [1.82, 2.24) is 4.72 Å². The Hall–Kier alpha value is -1.77. The topological polar surface area (TPSA) is 72.5 Å². The van der Waals surface area contributed by atoms with Gasteiger partial charge < -0.3 is 4.74 Å². The number of methoxy groups -OCH3 is 1. The Morgan fingerprint density at radius 2 is 2.00 bits per heavy atom. The first-order valence-corrected chi connectivity index (χ1v) is 6.39. The van der Waals surface area contributed by atoms with Crippen molar-refractivity contribution >= 4 is 15.9 Å². The minimum Gasteiger partial charge on any atom is -0.497 e. The smallest absolute Gasteiger partial charge is 0.497 e. The van der Waals surface area contributed by atoms with Crippen LogP contribution in [0.5, 0.6) is 5.75 Å². The standard InChI is InChI=1S/C10H10F3NO4S/c1-18-8-4-2-3-7(5-8)6-9(15)14-19(16,17)10(11,12)13/h2-5H,6H2,1H3,(H,14,15). The first-order chi connectivity index (χ1) is 8.65. The predicted molar refractivity (Wildman–Crippen MR) is 59.8 cm³/mol. The van der Waals surface area contributed by atoms with E-state index in [1.54, 1.807) is 6.07 Å². The molecule has 106 valence electrons. The van der Waals surface area contributed by atoms with Gasteiger partial charge in [-0.05, 0) is 17.7 Å². The van der Waals surface area contributed by atoms with Gasteiger partial charge in [-0.25, -0.2) is 4.72 Å². The zero-order valence-corrected chi connectivity index (χ0v) is 10.5. The number of amides is 1. The van der Waals surface area contributed by atoms with Crippen molar-refractivity contribution in [1.29, 1.82) is 0 Å². The summed E-state index contributed by atoms with van der Waals surface area (Å²) in [6, 6.07) is 5.98. The summed E-state index contributed by atoms with van der Waals surface area (Å²) in [6.07, 6.45) is -0.507. The Kier molecular flexibility index (Phi) is 4.40. The highest BCUT2D eigenvalue weighted by molar-refractivity contribution is 7.90. The summed E-state index contributed by atoms with van der Waals surface area (Å²) >= 11 is 0. The molecule has 0 spiro atoms. The quantitative estimate of drug-likeness (QED) is 0.906. The molecule has 0 aliphatic rings. The van der Waals surface area contributed by atoms with Gasteiger partial charge in [-0.3, -0.25) is 4.79 Å². The van der Waals surface area contributed by atoms with Gasteiger partial charge in [-0.2, -0.15) is 21.6 Å². The zero-order chi connectivity index (χ0) is 14.7. The number of rotatable bonds is 4. The molecule has 1 rings (SSSR count). The van der Waals surface area contributed by atoms with Crippen LogP contribution in [-0.2, 0) is 21.2 Å². The Morgan fingerprint density at radius 3 is 2.53 bits per heavy atom. The molecule has 5 nitrogen and oxygen atoms in total. The van der Waals surface area contributed by atoms with E-state index in [1.807, 2.05) is 0 Å². The fraction of sp³-hybridized carbons (Fsp3) is 0.300. The number of carbonyl (C=O) groups is 1. The van der Waals surface area contributed by atoms with Gasteiger partial charge in [-0.15, -0.1) is 0 Å². The fourth-order valence-corrected chi connectivity index (χ4v) is 1.70. The van der Waals surface area contributed by atoms with Gasteiger partial charge in [-0.1, -0.05) is 12.1 Å². The average molecular weight is 297 g/mol. The van der Waals surface area contributed by atoms with Crippen LogP contribution in [0, 0.1) is 0 Å². The van der Waals surface area contributed by atoms with Gasteiger partial charge >= 0.3 is 15.5 Å². The second-order valence-corrected chi connectivity index (χ2v) is 5.18. The van der Waals surface area contributed by atoms with E-state index in [1.165, 1.54) is 25.3 Å². The number of halogens is 3. The first-order valence-electron chi connectivity index (χ1n) is 4.90. The molecule has 0 atom stereocenters. The minimum atomic E-state index is -5.66. The molecule has 9 heteroatoms. The van der Waals surface area contributed by atoms with Crippen LogP contribution in [0.1, 0.15) is 5.56 Å². The molecule has 0 aliphatic heterocycles. The molecule has 0 aromatic heterocycles. The van der Waals surface area contributed by atoms with Crippen molar-refractivity contribution in [2.45, 2.75) is 11.9 Å². The summed E-state index contributed by atoms with van der Waals surface area (Å²) in [5, 5.41) is 0. The summed E-state index contributed by atoms with van der Waals surface area (Å²) in [4.78, 5) is 11.2. The molecular formula is C10H10F3NO4S. The van der Waals surface area contributed by atoms with Gasteiger partial charge in [0, 0.05) is 0 Å². The molecule has 1 N–H and O–H groups in total. The number of benzene rings is 1. The molecular weight excluding hydrogens is 287 g/mol. The van der Waals surface area contributed by atoms with Gasteiger partial charge in [0.15, 0.2) is 0 Å². The predicted octanol–water partition coefficient (Wildman–Crippen LogP) is 1.20.